The minimum Gasteiger partial charge on any atom is -0.457 e. The molecule has 0 saturated heterocycles. The quantitative estimate of drug-likeness (QED) is 0.242. The number of nitrogens with one attached hydrogen (secondary N) is 1. The maximum absolute atomic E-state index is 12.4. The molecule has 1 N–H and O–H groups in total. The fraction of sp³-hybridized carbons (Fsp3) is 0. The lowest BCUT2D eigenvalue weighted by molar-refractivity contribution is -0.111. The van der Waals surface area contributed by atoms with Gasteiger partial charge in [-0.3, -0.25) is 4.79 Å². The summed E-state index contributed by atoms with van der Waals surface area (Å²) in [5.41, 5.74) is 3.39. The van der Waals surface area contributed by atoms with Gasteiger partial charge in [-0.05, 0) is 78.9 Å². The Morgan fingerprint density at radius 1 is 0.794 bits per heavy atom. The highest BCUT2D eigenvalue weighted by Crippen LogP contribution is 2.29. The van der Waals surface area contributed by atoms with Gasteiger partial charge in [-0.1, -0.05) is 34.8 Å². The maximum Gasteiger partial charge on any atom is 0.248 e. The summed E-state index contributed by atoms with van der Waals surface area (Å²) in [6.45, 7) is 0. The predicted molar refractivity (Wildman–Crippen MR) is 136 cm³/mol. The number of rotatable bonds is 5. The average Bonchev–Trinajstić information content (AvgIpc) is 3.44. The Labute approximate surface area is 209 Å². The van der Waals surface area contributed by atoms with E-state index in [0.29, 0.717) is 49.3 Å². The number of fused-ring (bicyclic) bond motifs is 1. The van der Waals surface area contributed by atoms with Crippen LogP contribution in [0.3, 0.4) is 0 Å². The molecule has 0 aliphatic carbocycles. The van der Waals surface area contributed by atoms with Crippen LogP contribution < -0.4 is 5.32 Å². The minimum atomic E-state index is -0.315. The molecule has 0 saturated carbocycles. The van der Waals surface area contributed by atoms with Gasteiger partial charge >= 0.3 is 0 Å². The number of furan rings is 1. The highest BCUT2D eigenvalue weighted by molar-refractivity contribution is 6.35. The topological polar surface area (TPSA) is 68.3 Å². The van der Waals surface area contributed by atoms with Crippen molar-refractivity contribution in [1.29, 1.82) is 0 Å². The van der Waals surface area contributed by atoms with Gasteiger partial charge in [0.2, 0.25) is 11.8 Å². The van der Waals surface area contributed by atoms with Crippen LogP contribution in [-0.2, 0) is 4.79 Å². The minimum absolute atomic E-state index is 0.315. The van der Waals surface area contributed by atoms with Crippen LogP contribution in [0, 0.1) is 0 Å². The van der Waals surface area contributed by atoms with Gasteiger partial charge in [0.05, 0.1) is 0 Å². The van der Waals surface area contributed by atoms with Crippen LogP contribution >= 0.6 is 34.8 Å². The summed E-state index contributed by atoms with van der Waals surface area (Å²) >= 11 is 18.0. The lowest BCUT2D eigenvalue weighted by atomic mass is 10.2. The van der Waals surface area contributed by atoms with Crippen molar-refractivity contribution < 1.29 is 13.6 Å². The van der Waals surface area contributed by atoms with Gasteiger partial charge < -0.3 is 14.2 Å². The van der Waals surface area contributed by atoms with Crippen molar-refractivity contribution in [2.75, 3.05) is 5.32 Å². The highest BCUT2D eigenvalue weighted by Gasteiger charge is 2.10. The molecule has 0 radical (unpaired) electrons. The van der Waals surface area contributed by atoms with Gasteiger partial charge in [-0.15, -0.1) is 0 Å². The largest absolute Gasteiger partial charge is 0.457 e. The molecule has 2 aromatic heterocycles. The number of halogens is 3. The van der Waals surface area contributed by atoms with Crippen molar-refractivity contribution in [2.45, 2.75) is 0 Å². The number of hydrogen-bond donors (Lipinski definition) is 1. The molecule has 0 unspecified atom stereocenters. The molecule has 1 amide bonds. The van der Waals surface area contributed by atoms with Crippen LogP contribution in [0.4, 0.5) is 5.69 Å². The van der Waals surface area contributed by atoms with E-state index in [0.717, 1.165) is 11.1 Å². The summed E-state index contributed by atoms with van der Waals surface area (Å²) < 4.78 is 11.6. The van der Waals surface area contributed by atoms with Gasteiger partial charge in [-0.2, -0.15) is 0 Å². The summed E-state index contributed by atoms with van der Waals surface area (Å²) in [7, 11) is 0. The van der Waals surface area contributed by atoms with Crippen molar-refractivity contribution in [3.8, 4) is 22.8 Å². The van der Waals surface area contributed by atoms with Gasteiger partial charge in [0.1, 0.15) is 17.0 Å². The Morgan fingerprint density at radius 2 is 1.56 bits per heavy atom. The first-order chi connectivity index (χ1) is 16.4. The van der Waals surface area contributed by atoms with E-state index < -0.39 is 0 Å². The van der Waals surface area contributed by atoms with E-state index in [4.69, 9.17) is 43.6 Å². The molecule has 2 heterocycles. The third-order valence-electron chi connectivity index (χ3n) is 4.92. The molecule has 168 valence electrons. The van der Waals surface area contributed by atoms with Crippen LogP contribution in [0.1, 0.15) is 5.76 Å². The number of hydrogen-bond acceptors (Lipinski definition) is 4. The number of anilines is 1. The first-order valence-electron chi connectivity index (χ1n) is 10.1. The second-order valence-electron chi connectivity index (χ2n) is 7.39. The first-order valence-corrected chi connectivity index (χ1v) is 11.3. The zero-order valence-electron chi connectivity index (χ0n) is 17.4. The Bertz CT molecular complexity index is 1510. The zero-order valence-corrected chi connectivity index (χ0v) is 19.7. The van der Waals surface area contributed by atoms with Crippen LogP contribution in [0.2, 0.25) is 15.1 Å². The fourth-order valence-electron chi connectivity index (χ4n) is 3.36. The second-order valence-corrected chi connectivity index (χ2v) is 8.70. The van der Waals surface area contributed by atoms with E-state index in [9.17, 15) is 4.79 Å². The average molecular weight is 510 g/mol. The van der Waals surface area contributed by atoms with E-state index in [2.05, 4.69) is 10.3 Å². The molecule has 0 fully saturated rings. The molecule has 0 aliphatic heterocycles. The first kappa shape index (κ1) is 22.3. The number of oxazole rings is 1. The number of aromatic nitrogens is 1. The molecular formula is C26H15Cl3N2O3. The van der Waals surface area contributed by atoms with Gasteiger partial charge in [0.25, 0.3) is 0 Å². The number of carbonyl (C=O) groups excluding carboxylic acids is 1. The SMILES string of the molecule is O=C(/C=C/c1ccc(-c2cc(Cl)cc(Cl)c2)o1)Nc1ccc2oc(-c3ccc(Cl)cc3)nc2c1. The fourth-order valence-corrected chi connectivity index (χ4v) is 4.01. The van der Waals surface area contributed by atoms with E-state index in [-0.39, 0.29) is 5.91 Å². The van der Waals surface area contributed by atoms with Crippen molar-refractivity contribution in [2.24, 2.45) is 0 Å². The molecule has 0 bridgehead atoms. The van der Waals surface area contributed by atoms with Crippen LogP contribution in [0.25, 0.3) is 40.0 Å². The smallest absolute Gasteiger partial charge is 0.248 e. The molecule has 0 spiro atoms. The monoisotopic (exact) mass is 508 g/mol. The Balaban J connectivity index is 1.28. The molecular weight excluding hydrogens is 495 g/mol. The van der Waals surface area contributed by atoms with Crippen LogP contribution in [0.15, 0.2) is 87.7 Å². The lowest BCUT2D eigenvalue weighted by Gasteiger charge is -2.01. The summed E-state index contributed by atoms with van der Waals surface area (Å²) in [6, 6.07) is 21.2. The summed E-state index contributed by atoms with van der Waals surface area (Å²) in [4.78, 5) is 16.9. The molecule has 5 aromatic rings. The van der Waals surface area contributed by atoms with Crippen LogP contribution in [-0.4, -0.2) is 10.9 Å². The molecule has 5 rings (SSSR count). The van der Waals surface area contributed by atoms with Crippen molar-refractivity contribution in [3.05, 3.63) is 99.7 Å². The second kappa shape index (κ2) is 9.39. The number of carbonyl (C=O) groups is 1. The zero-order chi connectivity index (χ0) is 23.7. The lowest BCUT2D eigenvalue weighted by Crippen LogP contribution is -2.07. The molecule has 5 nitrogen and oxygen atoms in total. The normalized spacial score (nSPS) is 11.4. The van der Waals surface area contributed by atoms with Gasteiger partial charge in [0.15, 0.2) is 5.58 Å². The standard InChI is InChI=1S/C26H15Cl3N2O3/c27-17-3-1-15(2-4-17)26-31-22-14-20(5-8-24(22)34-26)30-25(32)10-7-21-6-9-23(33-21)16-11-18(28)13-19(29)12-16/h1-14H,(H,30,32)/b10-7+. The molecule has 8 heteroatoms. The van der Waals surface area contributed by atoms with E-state index in [1.807, 2.05) is 12.1 Å². The summed E-state index contributed by atoms with van der Waals surface area (Å²) in [6.07, 6.45) is 2.97. The van der Waals surface area contributed by atoms with Crippen molar-refractivity contribution in [3.63, 3.8) is 0 Å². The number of amides is 1. The summed E-state index contributed by atoms with van der Waals surface area (Å²) in [5.74, 6) is 1.27. The summed E-state index contributed by atoms with van der Waals surface area (Å²) in [5, 5.41) is 4.48. The van der Waals surface area contributed by atoms with Gasteiger partial charge in [-0.25, -0.2) is 4.98 Å². The maximum atomic E-state index is 12.4. The Kier molecular flexibility index (Phi) is 6.16. The molecule has 3 aromatic carbocycles. The Hall–Kier alpha value is -3.51. The van der Waals surface area contributed by atoms with Gasteiger partial charge in [0, 0.05) is 38.0 Å². The van der Waals surface area contributed by atoms with Crippen molar-refractivity contribution >= 4 is 63.6 Å². The third-order valence-corrected chi connectivity index (χ3v) is 5.61. The highest BCUT2D eigenvalue weighted by atomic mass is 35.5. The third kappa shape index (κ3) is 5.02. The van der Waals surface area contributed by atoms with E-state index in [1.54, 1.807) is 66.7 Å². The van der Waals surface area contributed by atoms with E-state index >= 15 is 0 Å². The van der Waals surface area contributed by atoms with E-state index in [1.165, 1.54) is 6.08 Å². The molecule has 34 heavy (non-hydrogen) atoms. The molecule has 0 atom stereocenters. The molecule has 0 aliphatic rings. The number of nitrogens with zero attached hydrogens (tertiary/aromatic N) is 1. The predicted octanol–water partition coefficient (Wildman–Crippen LogP) is 8.37. The Morgan fingerprint density at radius 3 is 2.32 bits per heavy atom. The number of benzene rings is 3. The van der Waals surface area contributed by atoms with Crippen molar-refractivity contribution in [1.82, 2.24) is 4.98 Å². The van der Waals surface area contributed by atoms with Crippen LogP contribution in [0.5, 0.6) is 0 Å².